The summed E-state index contributed by atoms with van der Waals surface area (Å²) in [5.74, 6) is 0.328. The number of hydrogen-bond acceptors (Lipinski definition) is 2. The zero-order chi connectivity index (χ0) is 16.0. The number of likely N-dealkylation sites (tertiary alicyclic amines) is 1. The maximum atomic E-state index is 12.5. The van der Waals surface area contributed by atoms with Gasteiger partial charge in [-0.1, -0.05) is 32.9 Å². The predicted molar refractivity (Wildman–Crippen MR) is 85.7 cm³/mol. The van der Waals surface area contributed by atoms with Crippen molar-refractivity contribution in [2.24, 2.45) is 11.3 Å². The Morgan fingerprint density at radius 3 is 2.00 bits per heavy atom. The van der Waals surface area contributed by atoms with E-state index in [1.165, 1.54) is 0 Å². The highest BCUT2D eigenvalue weighted by Crippen LogP contribution is 2.24. The highest BCUT2D eigenvalue weighted by molar-refractivity contribution is 5.83. The van der Waals surface area contributed by atoms with Gasteiger partial charge in [0, 0.05) is 37.5 Å². The van der Waals surface area contributed by atoms with Gasteiger partial charge in [0.25, 0.3) is 0 Å². The molecule has 0 radical (unpaired) electrons. The fraction of sp³-hybridized carbons (Fsp3) is 0.647. The van der Waals surface area contributed by atoms with E-state index < -0.39 is 0 Å². The third kappa shape index (κ3) is 4.73. The van der Waals surface area contributed by atoms with Crippen molar-refractivity contribution in [2.75, 3.05) is 26.2 Å². The molecule has 2 amide bonds. The van der Waals surface area contributed by atoms with Crippen LogP contribution in [0.5, 0.6) is 0 Å². The Bertz CT molecular complexity index is 392. The largest absolute Gasteiger partial charge is 0.342 e. The first-order chi connectivity index (χ1) is 9.81. The smallest absolute Gasteiger partial charge is 0.227 e. The SMILES string of the molecule is C=CCN(CC=C)C(=O)C1CCN(C(=O)C(C)(C)C)CC1. The van der Waals surface area contributed by atoms with Crippen molar-refractivity contribution in [3.05, 3.63) is 25.3 Å². The third-order valence-electron chi connectivity index (χ3n) is 3.78. The van der Waals surface area contributed by atoms with Crippen molar-refractivity contribution >= 4 is 11.8 Å². The molecule has 0 N–H and O–H groups in total. The molecule has 1 aliphatic heterocycles. The van der Waals surface area contributed by atoms with Gasteiger partial charge < -0.3 is 9.80 Å². The van der Waals surface area contributed by atoms with Crippen LogP contribution in [0.4, 0.5) is 0 Å². The number of amides is 2. The number of hydrogen-bond donors (Lipinski definition) is 0. The molecule has 0 spiro atoms. The van der Waals surface area contributed by atoms with Crippen LogP contribution in [-0.4, -0.2) is 47.8 Å². The van der Waals surface area contributed by atoms with Crippen molar-refractivity contribution in [3.63, 3.8) is 0 Å². The maximum absolute atomic E-state index is 12.5. The Balaban J connectivity index is 2.59. The fourth-order valence-electron chi connectivity index (χ4n) is 2.63. The highest BCUT2D eigenvalue weighted by Gasteiger charge is 2.33. The third-order valence-corrected chi connectivity index (χ3v) is 3.78. The Morgan fingerprint density at radius 1 is 1.14 bits per heavy atom. The van der Waals surface area contributed by atoms with E-state index in [1.54, 1.807) is 17.1 Å². The second-order valence-electron chi connectivity index (χ2n) is 6.64. The van der Waals surface area contributed by atoms with Crippen LogP contribution in [0.3, 0.4) is 0 Å². The zero-order valence-corrected chi connectivity index (χ0v) is 13.6. The fourth-order valence-corrected chi connectivity index (χ4v) is 2.63. The van der Waals surface area contributed by atoms with E-state index in [0.29, 0.717) is 26.2 Å². The molecule has 0 unspecified atom stereocenters. The predicted octanol–water partition coefficient (Wildman–Crippen LogP) is 2.47. The summed E-state index contributed by atoms with van der Waals surface area (Å²) in [6, 6.07) is 0. The molecule has 1 saturated heterocycles. The number of nitrogens with zero attached hydrogens (tertiary/aromatic N) is 2. The molecule has 0 saturated carbocycles. The van der Waals surface area contributed by atoms with E-state index in [4.69, 9.17) is 0 Å². The first kappa shape index (κ1) is 17.5. The summed E-state index contributed by atoms with van der Waals surface area (Å²) in [6.45, 7) is 15.6. The molecule has 1 rings (SSSR count). The molecule has 4 heteroatoms. The molecule has 0 aliphatic carbocycles. The average molecular weight is 292 g/mol. The van der Waals surface area contributed by atoms with Crippen LogP contribution < -0.4 is 0 Å². The van der Waals surface area contributed by atoms with Gasteiger partial charge in [-0.25, -0.2) is 0 Å². The molecule has 0 aromatic carbocycles. The minimum absolute atomic E-state index is 0.00826. The van der Waals surface area contributed by atoms with Crippen LogP contribution in [0, 0.1) is 11.3 Å². The van der Waals surface area contributed by atoms with Gasteiger partial charge >= 0.3 is 0 Å². The van der Waals surface area contributed by atoms with E-state index in [2.05, 4.69) is 13.2 Å². The first-order valence-corrected chi connectivity index (χ1v) is 7.61. The van der Waals surface area contributed by atoms with E-state index in [-0.39, 0.29) is 23.1 Å². The average Bonchev–Trinajstić information content (AvgIpc) is 2.45. The molecule has 1 heterocycles. The Morgan fingerprint density at radius 2 is 1.62 bits per heavy atom. The molecule has 1 aliphatic rings. The first-order valence-electron chi connectivity index (χ1n) is 7.61. The van der Waals surface area contributed by atoms with E-state index in [1.807, 2.05) is 25.7 Å². The number of carbonyl (C=O) groups excluding carboxylic acids is 2. The lowest BCUT2D eigenvalue weighted by Gasteiger charge is -2.36. The quantitative estimate of drug-likeness (QED) is 0.730. The molecule has 21 heavy (non-hydrogen) atoms. The molecule has 1 fully saturated rings. The zero-order valence-electron chi connectivity index (χ0n) is 13.6. The van der Waals surface area contributed by atoms with E-state index in [0.717, 1.165) is 12.8 Å². The monoisotopic (exact) mass is 292 g/mol. The lowest BCUT2D eigenvalue weighted by molar-refractivity contribution is -0.144. The van der Waals surface area contributed by atoms with Crippen molar-refractivity contribution in [1.29, 1.82) is 0 Å². The van der Waals surface area contributed by atoms with Crippen LogP contribution in [0.15, 0.2) is 25.3 Å². The number of rotatable bonds is 5. The van der Waals surface area contributed by atoms with Gasteiger partial charge in [0.2, 0.25) is 11.8 Å². The summed E-state index contributed by atoms with van der Waals surface area (Å²) < 4.78 is 0. The summed E-state index contributed by atoms with van der Waals surface area (Å²) in [7, 11) is 0. The highest BCUT2D eigenvalue weighted by atomic mass is 16.2. The van der Waals surface area contributed by atoms with Crippen LogP contribution >= 0.6 is 0 Å². The second kappa shape index (κ2) is 7.43. The molecule has 0 aromatic rings. The van der Waals surface area contributed by atoms with Crippen LogP contribution in [-0.2, 0) is 9.59 Å². The molecular weight excluding hydrogens is 264 g/mol. The van der Waals surface area contributed by atoms with E-state index >= 15 is 0 Å². The lowest BCUT2D eigenvalue weighted by atomic mass is 9.90. The van der Waals surface area contributed by atoms with Gasteiger partial charge in [-0.3, -0.25) is 9.59 Å². The summed E-state index contributed by atoms with van der Waals surface area (Å²) >= 11 is 0. The molecule has 0 aromatic heterocycles. The molecule has 0 atom stereocenters. The van der Waals surface area contributed by atoms with Crippen molar-refractivity contribution in [3.8, 4) is 0 Å². The second-order valence-corrected chi connectivity index (χ2v) is 6.64. The van der Waals surface area contributed by atoms with Gasteiger partial charge in [-0.05, 0) is 12.8 Å². The Kier molecular flexibility index (Phi) is 6.19. The lowest BCUT2D eigenvalue weighted by Crippen LogP contribution is -2.47. The summed E-state index contributed by atoms with van der Waals surface area (Å²) in [6.07, 6.45) is 4.95. The summed E-state index contributed by atoms with van der Waals surface area (Å²) in [5.41, 5.74) is -0.353. The van der Waals surface area contributed by atoms with Crippen LogP contribution in [0.25, 0.3) is 0 Å². The maximum Gasteiger partial charge on any atom is 0.227 e. The van der Waals surface area contributed by atoms with Gasteiger partial charge in [0.15, 0.2) is 0 Å². The van der Waals surface area contributed by atoms with Gasteiger partial charge in [-0.2, -0.15) is 0 Å². The standard InChI is InChI=1S/C17H28N2O2/c1-6-10-18(11-7-2)15(20)14-8-12-19(13-9-14)16(21)17(3,4)5/h6-7,14H,1-2,8-13H2,3-5H3. The molecular formula is C17H28N2O2. The van der Waals surface area contributed by atoms with Crippen LogP contribution in [0.1, 0.15) is 33.6 Å². The summed E-state index contributed by atoms with van der Waals surface area (Å²) in [5, 5.41) is 0. The Labute approximate surface area is 128 Å². The van der Waals surface area contributed by atoms with Gasteiger partial charge in [-0.15, -0.1) is 13.2 Å². The minimum atomic E-state index is -0.353. The summed E-state index contributed by atoms with van der Waals surface area (Å²) in [4.78, 5) is 28.4. The minimum Gasteiger partial charge on any atom is -0.342 e. The topological polar surface area (TPSA) is 40.6 Å². The number of piperidine rings is 1. The van der Waals surface area contributed by atoms with Crippen molar-refractivity contribution < 1.29 is 9.59 Å². The van der Waals surface area contributed by atoms with Crippen molar-refractivity contribution in [2.45, 2.75) is 33.6 Å². The van der Waals surface area contributed by atoms with E-state index in [9.17, 15) is 9.59 Å². The molecule has 4 nitrogen and oxygen atoms in total. The Hall–Kier alpha value is -1.58. The molecule has 118 valence electrons. The number of carbonyl (C=O) groups is 2. The normalized spacial score (nSPS) is 16.4. The van der Waals surface area contributed by atoms with Gasteiger partial charge in [0.1, 0.15) is 0 Å². The molecule has 0 bridgehead atoms. The van der Waals surface area contributed by atoms with Crippen molar-refractivity contribution in [1.82, 2.24) is 9.80 Å². The van der Waals surface area contributed by atoms with Gasteiger partial charge in [0.05, 0.1) is 0 Å². The van der Waals surface area contributed by atoms with Crippen LogP contribution in [0.2, 0.25) is 0 Å².